The number of hydrogen-bond donors (Lipinski definition) is 0. The van der Waals surface area contributed by atoms with Crippen LogP contribution in [0.25, 0.3) is 0 Å². The highest BCUT2D eigenvalue weighted by atomic mass is 16.3. The smallest absolute Gasteiger partial charge is 0.113 e. The summed E-state index contributed by atoms with van der Waals surface area (Å²) < 4.78 is 0. The Morgan fingerprint density at radius 3 is 2.91 bits per heavy atom. The van der Waals surface area contributed by atoms with Crippen LogP contribution in [0.2, 0.25) is 0 Å². The third-order valence-electron chi connectivity index (χ3n) is 8.14. The van der Waals surface area contributed by atoms with Crippen LogP contribution in [-0.4, -0.2) is 5.60 Å². The lowest BCUT2D eigenvalue weighted by molar-refractivity contribution is -0.150. The Bertz CT molecular complexity index is 492. The summed E-state index contributed by atoms with van der Waals surface area (Å²) in [4.78, 5) is 0. The second-order valence-electron chi connectivity index (χ2n) is 8.77. The summed E-state index contributed by atoms with van der Waals surface area (Å²) in [5.74, 6) is 3.29. The second kappa shape index (κ2) is 5.23. The van der Waals surface area contributed by atoms with Crippen LogP contribution in [0.5, 0.6) is 0 Å². The van der Waals surface area contributed by atoms with Crippen molar-refractivity contribution in [2.24, 2.45) is 29.1 Å². The van der Waals surface area contributed by atoms with Crippen LogP contribution in [0, 0.1) is 29.1 Å². The molecule has 121 valence electrons. The summed E-state index contributed by atoms with van der Waals surface area (Å²) in [7, 11) is 0. The molecule has 0 aromatic heterocycles. The second-order valence-corrected chi connectivity index (χ2v) is 8.77. The zero-order valence-electron chi connectivity index (χ0n) is 14.2. The van der Waals surface area contributed by atoms with E-state index in [0.717, 1.165) is 24.2 Å². The summed E-state index contributed by atoms with van der Waals surface area (Å²) in [5, 5.41) is 13.5. The van der Waals surface area contributed by atoms with Crippen molar-refractivity contribution in [2.75, 3.05) is 0 Å². The van der Waals surface area contributed by atoms with E-state index >= 15 is 0 Å². The molecular weight excluding hydrogens is 268 g/mol. The minimum Gasteiger partial charge on any atom is -0.229 e. The summed E-state index contributed by atoms with van der Waals surface area (Å²) in [6.07, 6.45) is 16.5. The molecule has 4 aliphatic carbocycles. The zero-order valence-corrected chi connectivity index (χ0v) is 14.2. The third-order valence-corrected chi connectivity index (χ3v) is 8.14. The molecule has 0 saturated heterocycles. The maximum Gasteiger partial charge on any atom is 0.113 e. The Balaban J connectivity index is 1.62. The maximum atomic E-state index is 13.5. The van der Waals surface area contributed by atoms with Gasteiger partial charge in [-0.25, -0.2) is 5.11 Å². The van der Waals surface area contributed by atoms with Gasteiger partial charge in [0.1, 0.15) is 5.60 Å². The fourth-order valence-electron chi connectivity index (χ4n) is 6.96. The van der Waals surface area contributed by atoms with Crippen LogP contribution in [0.3, 0.4) is 0 Å². The van der Waals surface area contributed by atoms with E-state index in [-0.39, 0.29) is 5.41 Å². The Morgan fingerprint density at radius 1 is 1.23 bits per heavy atom. The highest BCUT2D eigenvalue weighted by Crippen LogP contribution is 2.65. The van der Waals surface area contributed by atoms with E-state index in [4.69, 9.17) is 0 Å². The fraction of sp³-hybridized carbons (Fsp3) is 0.810. The van der Waals surface area contributed by atoms with E-state index in [9.17, 15) is 5.11 Å². The molecule has 0 bridgehead atoms. The van der Waals surface area contributed by atoms with Crippen molar-refractivity contribution in [3.63, 3.8) is 0 Å². The Morgan fingerprint density at radius 2 is 2.09 bits per heavy atom. The van der Waals surface area contributed by atoms with Crippen molar-refractivity contribution in [1.82, 2.24) is 0 Å². The van der Waals surface area contributed by atoms with Crippen LogP contribution in [0.4, 0.5) is 0 Å². The monoisotopic (exact) mass is 299 g/mol. The van der Waals surface area contributed by atoms with E-state index in [2.05, 4.69) is 19.6 Å². The molecule has 0 heterocycles. The van der Waals surface area contributed by atoms with E-state index in [1.54, 1.807) is 5.57 Å². The van der Waals surface area contributed by atoms with E-state index < -0.39 is 5.60 Å². The molecular formula is C21H31O. The molecule has 1 radical (unpaired) electrons. The van der Waals surface area contributed by atoms with E-state index in [1.807, 2.05) is 6.08 Å². The van der Waals surface area contributed by atoms with E-state index in [1.165, 1.54) is 51.4 Å². The van der Waals surface area contributed by atoms with Gasteiger partial charge >= 0.3 is 0 Å². The predicted octanol–water partition coefficient (Wildman–Crippen LogP) is 5.69. The third kappa shape index (κ3) is 1.94. The van der Waals surface area contributed by atoms with Gasteiger partial charge in [0.15, 0.2) is 0 Å². The first-order valence-corrected chi connectivity index (χ1v) is 9.59. The Kier molecular flexibility index (Phi) is 3.56. The van der Waals surface area contributed by atoms with Crippen LogP contribution in [0.1, 0.15) is 71.1 Å². The molecule has 22 heavy (non-hydrogen) atoms. The molecule has 4 aliphatic rings. The van der Waals surface area contributed by atoms with Crippen molar-refractivity contribution in [3.05, 3.63) is 24.3 Å². The lowest BCUT2D eigenvalue weighted by Crippen LogP contribution is -2.51. The molecule has 6 atom stereocenters. The average Bonchev–Trinajstić information content (AvgIpc) is 2.79. The van der Waals surface area contributed by atoms with Crippen LogP contribution in [-0.2, 0) is 5.11 Å². The van der Waals surface area contributed by atoms with Gasteiger partial charge in [0.25, 0.3) is 0 Å². The minimum absolute atomic E-state index is 0.0260. The summed E-state index contributed by atoms with van der Waals surface area (Å²) in [5.41, 5.74) is 1.08. The first-order valence-electron chi connectivity index (χ1n) is 9.59. The zero-order chi connectivity index (χ0) is 15.4. The van der Waals surface area contributed by atoms with Crippen molar-refractivity contribution < 1.29 is 5.11 Å². The first-order chi connectivity index (χ1) is 10.6. The average molecular weight is 299 g/mol. The fourth-order valence-corrected chi connectivity index (χ4v) is 6.96. The normalized spacial score (nSPS) is 50.5. The summed E-state index contributed by atoms with van der Waals surface area (Å²) in [6, 6.07) is 0. The molecule has 3 saturated carbocycles. The molecule has 1 heteroatoms. The van der Waals surface area contributed by atoms with Gasteiger partial charge in [-0.2, -0.15) is 0 Å². The molecule has 0 aromatic rings. The van der Waals surface area contributed by atoms with Crippen molar-refractivity contribution in [1.29, 1.82) is 0 Å². The molecule has 0 unspecified atom stereocenters. The largest absolute Gasteiger partial charge is 0.229 e. The van der Waals surface area contributed by atoms with Crippen LogP contribution < -0.4 is 0 Å². The van der Waals surface area contributed by atoms with Gasteiger partial charge in [0.2, 0.25) is 0 Å². The highest BCUT2D eigenvalue weighted by Gasteiger charge is 2.62. The molecule has 4 rings (SSSR count). The van der Waals surface area contributed by atoms with Gasteiger partial charge in [-0.1, -0.05) is 24.6 Å². The minimum atomic E-state index is -0.729. The van der Waals surface area contributed by atoms with Gasteiger partial charge in [-0.15, -0.1) is 6.58 Å². The molecule has 0 amide bonds. The molecule has 0 spiro atoms. The lowest BCUT2D eigenvalue weighted by Gasteiger charge is -2.55. The van der Waals surface area contributed by atoms with Crippen molar-refractivity contribution in [3.8, 4) is 0 Å². The number of rotatable bonds is 2. The van der Waals surface area contributed by atoms with Gasteiger partial charge in [-0.3, -0.25) is 0 Å². The lowest BCUT2D eigenvalue weighted by atomic mass is 9.50. The molecule has 1 nitrogen and oxygen atoms in total. The topological polar surface area (TPSA) is 19.9 Å². The highest BCUT2D eigenvalue weighted by molar-refractivity contribution is 5.20. The predicted molar refractivity (Wildman–Crippen MR) is 89.9 cm³/mol. The molecule has 3 fully saturated rings. The van der Waals surface area contributed by atoms with Gasteiger partial charge < -0.3 is 0 Å². The quantitative estimate of drug-likeness (QED) is 0.583. The van der Waals surface area contributed by atoms with Crippen LogP contribution >= 0.6 is 0 Å². The van der Waals surface area contributed by atoms with Gasteiger partial charge in [-0.05, 0) is 87.9 Å². The number of fused-ring (bicyclic) bond motifs is 5. The van der Waals surface area contributed by atoms with E-state index in [0.29, 0.717) is 12.3 Å². The van der Waals surface area contributed by atoms with Gasteiger partial charge in [0.05, 0.1) is 0 Å². The Hall–Kier alpha value is -0.560. The number of hydrogen-bond acceptors (Lipinski definition) is 0. The molecule has 0 aliphatic heterocycles. The summed E-state index contributed by atoms with van der Waals surface area (Å²) >= 11 is 0. The SMILES string of the molecule is C=CC[C@]1([O])CC[C@H]2[C@@H]3CCC4=CCCC[C@@H]4[C@H]3CC[C@@]21C. The number of allylic oxidation sites excluding steroid dienone is 2. The first kappa shape index (κ1) is 15.0. The van der Waals surface area contributed by atoms with Crippen LogP contribution in [0.15, 0.2) is 24.3 Å². The Labute approximate surface area is 135 Å². The molecule has 0 N–H and O–H groups in total. The summed E-state index contributed by atoms with van der Waals surface area (Å²) in [6.45, 7) is 6.20. The van der Waals surface area contributed by atoms with Crippen molar-refractivity contribution >= 4 is 0 Å². The maximum absolute atomic E-state index is 13.5. The van der Waals surface area contributed by atoms with Crippen molar-refractivity contribution in [2.45, 2.75) is 76.7 Å². The molecule has 0 aromatic carbocycles. The van der Waals surface area contributed by atoms with Gasteiger partial charge in [0, 0.05) is 5.41 Å². The standard InChI is InChI=1S/C21H31O/c1-3-12-21(22)14-11-19-18-9-8-15-6-4-5-7-16(15)17(18)10-13-20(19,21)2/h3,6,16-19H,1,4-5,7-14H2,2H3/t16-,17+,18+,19-,20-,21-/m0/s1.